The Hall–Kier alpha value is -1.24. The Morgan fingerprint density at radius 1 is 1.50 bits per heavy atom. The van der Waals surface area contributed by atoms with E-state index in [1.165, 1.54) is 11.3 Å². The Morgan fingerprint density at radius 2 is 2.30 bits per heavy atom. The highest BCUT2D eigenvalue weighted by atomic mass is 79.9. The number of nitrogens with one attached hydrogen (secondary N) is 1. The van der Waals surface area contributed by atoms with Crippen LogP contribution in [0.15, 0.2) is 28.1 Å². The van der Waals surface area contributed by atoms with E-state index in [1.807, 2.05) is 30.5 Å². The summed E-state index contributed by atoms with van der Waals surface area (Å²) in [5, 5.41) is 5.63. The predicted molar refractivity (Wildman–Crippen MR) is 84.0 cm³/mol. The summed E-state index contributed by atoms with van der Waals surface area (Å²) in [6.07, 6.45) is 0.270. The molecule has 0 unspecified atom stereocenters. The molecule has 20 heavy (non-hydrogen) atoms. The molecule has 0 aliphatic heterocycles. The minimum absolute atomic E-state index is 0.0741. The first-order valence-electron chi connectivity index (χ1n) is 6.06. The highest BCUT2D eigenvalue weighted by Gasteiger charge is 2.08. The first kappa shape index (κ1) is 15.2. The quantitative estimate of drug-likeness (QED) is 0.893. The van der Waals surface area contributed by atoms with Crippen molar-refractivity contribution in [3.63, 3.8) is 0 Å². The van der Waals surface area contributed by atoms with Crippen LogP contribution >= 0.6 is 27.3 Å². The summed E-state index contributed by atoms with van der Waals surface area (Å²) in [5.41, 5.74) is 2.68. The van der Waals surface area contributed by atoms with Crippen LogP contribution in [-0.2, 0) is 22.6 Å². The van der Waals surface area contributed by atoms with Gasteiger partial charge in [0.25, 0.3) is 0 Å². The smallest absolute Gasteiger partial charge is 0.230 e. The zero-order valence-corrected chi connectivity index (χ0v) is 13.7. The van der Waals surface area contributed by atoms with E-state index in [4.69, 9.17) is 4.74 Å². The zero-order valence-electron chi connectivity index (χ0n) is 11.3. The summed E-state index contributed by atoms with van der Waals surface area (Å²) in [6, 6.07) is 5.74. The number of carbonyl (C=O) groups excluding carboxylic acids is 1. The Bertz CT molecular complexity index is 613. The topological polar surface area (TPSA) is 51.2 Å². The number of halogens is 1. The monoisotopic (exact) mass is 354 g/mol. The lowest BCUT2D eigenvalue weighted by molar-refractivity contribution is -0.115. The fraction of sp³-hybridized carbons (Fsp3) is 0.286. The molecule has 1 aromatic heterocycles. The van der Waals surface area contributed by atoms with Crippen molar-refractivity contribution in [1.29, 1.82) is 0 Å². The van der Waals surface area contributed by atoms with Crippen LogP contribution in [0.3, 0.4) is 0 Å². The Morgan fingerprint density at radius 3 is 3.00 bits per heavy atom. The molecular weight excluding hydrogens is 340 g/mol. The minimum atomic E-state index is -0.0741. The molecule has 4 nitrogen and oxygen atoms in total. The number of aryl methyl sites for hydroxylation is 1. The second kappa shape index (κ2) is 6.97. The molecule has 0 bridgehead atoms. The molecule has 0 saturated carbocycles. The Labute approximate surface area is 130 Å². The summed E-state index contributed by atoms with van der Waals surface area (Å²) in [7, 11) is 1.63. The lowest BCUT2D eigenvalue weighted by Crippen LogP contribution is -2.14. The molecule has 0 radical (unpaired) electrons. The van der Waals surface area contributed by atoms with Gasteiger partial charge in [-0.3, -0.25) is 4.79 Å². The van der Waals surface area contributed by atoms with E-state index in [-0.39, 0.29) is 12.3 Å². The lowest BCUT2D eigenvalue weighted by atomic mass is 10.2. The van der Waals surface area contributed by atoms with E-state index in [0.29, 0.717) is 6.61 Å². The maximum absolute atomic E-state index is 12.0. The standard InChI is InChI=1S/C14H15BrN2O2S/c1-9-3-4-10(5-12(9)15)16-13(18)6-11-8-20-14(17-11)7-19-2/h3-5,8H,6-7H2,1-2H3,(H,16,18). The van der Waals surface area contributed by atoms with E-state index in [1.54, 1.807) is 7.11 Å². The van der Waals surface area contributed by atoms with Crippen LogP contribution in [0.25, 0.3) is 0 Å². The molecule has 6 heteroatoms. The van der Waals surface area contributed by atoms with Gasteiger partial charge in [-0.15, -0.1) is 11.3 Å². The van der Waals surface area contributed by atoms with E-state index in [9.17, 15) is 4.79 Å². The number of anilines is 1. The molecule has 1 amide bonds. The summed E-state index contributed by atoms with van der Waals surface area (Å²) in [6.45, 7) is 2.49. The summed E-state index contributed by atoms with van der Waals surface area (Å²) >= 11 is 4.95. The van der Waals surface area contributed by atoms with Gasteiger partial charge in [-0.25, -0.2) is 4.98 Å². The number of benzene rings is 1. The van der Waals surface area contributed by atoms with Crippen molar-refractivity contribution < 1.29 is 9.53 Å². The van der Waals surface area contributed by atoms with Crippen molar-refractivity contribution in [2.45, 2.75) is 20.0 Å². The molecular formula is C14H15BrN2O2S. The van der Waals surface area contributed by atoms with Gasteiger partial charge in [0, 0.05) is 22.6 Å². The largest absolute Gasteiger partial charge is 0.378 e. The van der Waals surface area contributed by atoms with Gasteiger partial charge in [-0.1, -0.05) is 22.0 Å². The molecule has 0 atom stereocenters. The van der Waals surface area contributed by atoms with Crippen LogP contribution in [0.5, 0.6) is 0 Å². The second-order valence-electron chi connectivity index (χ2n) is 4.35. The van der Waals surface area contributed by atoms with Crippen molar-refractivity contribution in [3.05, 3.63) is 44.3 Å². The van der Waals surface area contributed by atoms with Crippen LogP contribution in [0.2, 0.25) is 0 Å². The van der Waals surface area contributed by atoms with E-state index >= 15 is 0 Å². The zero-order chi connectivity index (χ0) is 14.5. The van der Waals surface area contributed by atoms with Crippen molar-refractivity contribution in [2.24, 2.45) is 0 Å². The van der Waals surface area contributed by atoms with Crippen molar-refractivity contribution in [3.8, 4) is 0 Å². The fourth-order valence-electron chi connectivity index (χ4n) is 1.66. The SMILES string of the molecule is COCc1nc(CC(=O)Nc2ccc(C)c(Br)c2)cs1. The maximum Gasteiger partial charge on any atom is 0.230 e. The molecule has 0 aliphatic rings. The fourth-order valence-corrected chi connectivity index (χ4v) is 2.80. The Balaban J connectivity index is 1.95. The van der Waals surface area contributed by atoms with Gasteiger partial charge < -0.3 is 10.1 Å². The van der Waals surface area contributed by atoms with Gasteiger partial charge in [0.2, 0.25) is 5.91 Å². The summed E-state index contributed by atoms with van der Waals surface area (Å²) in [4.78, 5) is 16.3. The highest BCUT2D eigenvalue weighted by molar-refractivity contribution is 9.10. The molecule has 2 rings (SSSR count). The summed E-state index contributed by atoms with van der Waals surface area (Å²) in [5.74, 6) is -0.0741. The van der Waals surface area contributed by atoms with Gasteiger partial charge in [-0.2, -0.15) is 0 Å². The third-order valence-electron chi connectivity index (χ3n) is 2.66. The lowest BCUT2D eigenvalue weighted by Gasteiger charge is -2.06. The first-order valence-corrected chi connectivity index (χ1v) is 7.74. The number of hydrogen-bond donors (Lipinski definition) is 1. The molecule has 0 aliphatic carbocycles. The third kappa shape index (κ3) is 4.13. The van der Waals surface area contributed by atoms with E-state index in [2.05, 4.69) is 26.2 Å². The molecule has 2 aromatic rings. The number of rotatable bonds is 5. The number of aromatic nitrogens is 1. The van der Waals surface area contributed by atoms with Gasteiger partial charge >= 0.3 is 0 Å². The average Bonchev–Trinajstić information content (AvgIpc) is 2.81. The van der Waals surface area contributed by atoms with Crippen molar-refractivity contribution >= 4 is 38.9 Å². The van der Waals surface area contributed by atoms with Crippen molar-refractivity contribution in [1.82, 2.24) is 4.98 Å². The van der Waals surface area contributed by atoms with Crippen molar-refractivity contribution in [2.75, 3.05) is 12.4 Å². The molecule has 1 heterocycles. The molecule has 0 spiro atoms. The average molecular weight is 355 g/mol. The normalized spacial score (nSPS) is 10.6. The molecule has 0 fully saturated rings. The minimum Gasteiger partial charge on any atom is -0.378 e. The predicted octanol–water partition coefficient (Wildman–Crippen LogP) is 3.54. The van der Waals surface area contributed by atoms with E-state index < -0.39 is 0 Å². The number of thiazole rings is 1. The van der Waals surface area contributed by atoms with Gasteiger partial charge in [0.1, 0.15) is 5.01 Å². The molecule has 1 N–H and O–H groups in total. The van der Waals surface area contributed by atoms with Crippen LogP contribution in [0.4, 0.5) is 5.69 Å². The van der Waals surface area contributed by atoms with Gasteiger partial charge in [-0.05, 0) is 24.6 Å². The molecule has 1 aromatic carbocycles. The highest BCUT2D eigenvalue weighted by Crippen LogP contribution is 2.21. The van der Waals surface area contributed by atoms with Crippen LogP contribution in [-0.4, -0.2) is 18.0 Å². The number of amides is 1. The van der Waals surface area contributed by atoms with E-state index in [0.717, 1.165) is 26.4 Å². The Kier molecular flexibility index (Phi) is 5.28. The number of methoxy groups -OCH3 is 1. The third-order valence-corrected chi connectivity index (χ3v) is 4.39. The second-order valence-corrected chi connectivity index (χ2v) is 6.15. The number of hydrogen-bond acceptors (Lipinski definition) is 4. The summed E-state index contributed by atoms with van der Waals surface area (Å²) < 4.78 is 5.99. The number of nitrogens with zero attached hydrogens (tertiary/aromatic N) is 1. The number of ether oxygens (including phenoxy) is 1. The first-order chi connectivity index (χ1) is 9.58. The van der Waals surface area contributed by atoms with Gasteiger partial charge in [0.15, 0.2) is 0 Å². The van der Waals surface area contributed by atoms with Crippen LogP contribution in [0.1, 0.15) is 16.3 Å². The molecule has 0 saturated heterocycles. The van der Waals surface area contributed by atoms with Crippen LogP contribution < -0.4 is 5.32 Å². The molecule has 106 valence electrons. The van der Waals surface area contributed by atoms with Gasteiger partial charge in [0.05, 0.1) is 18.7 Å². The number of carbonyl (C=O) groups is 1. The van der Waals surface area contributed by atoms with Crippen LogP contribution in [0, 0.1) is 6.92 Å². The maximum atomic E-state index is 12.0.